The molecule has 2 N–H and O–H groups in total. The number of likely N-dealkylation sites (N-methyl/N-ethyl adjacent to an activating group) is 1. The van der Waals surface area contributed by atoms with Crippen LogP contribution in [0.3, 0.4) is 0 Å². The maximum absolute atomic E-state index is 11.4. The Morgan fingerprint density at radius 3 is 2.35 bits per heavy atom. The molecule has 0 aliphatic heterocycles. The number of nitrogens with one attached hydrogen (secondary N) is 2. The van der Waals surface area contributed by atoms with Crippen LogP contribution in [0.1, 0.15) is 0 Å². The Balaban J connectivity index is 2.16. The zero-order valence-corrected chi connectivity index (χ0v) is 13.1. The van der Waals surface area contributed by atoms with E-state index in [9.17, 15) is 4.79 Å². The topological polar surface area (TPSA) is 53.6 Å². The lowest BCUT2D eigenvalue weighted by Gasteiger charge is -2.12. The van der Waals surface area contributed by atoms with Gasteiger partial charge in [-0.1, -0.05) is 23.2 Å². The van der Waals surface area contributed by atoms with Gasteiger partial charge in [-0.15, -0.1) is 0 Å². The van der Waals surface area contributed by atoms with Crippen LogP contribution in [-0.2, 0) is 0 Å². The highest BCUT2D eigenvalue weighted by Gasteiger charge is 2.01. The molecule has 1 rings (SSSR count). The van der Waals surface area contributed by atoms with Gasteiger partial charge in [0.2, 0.25) is 0 Å². The van der Waals surface area contributed by atoms with Crippen LogP contribution in [0.4, 0.5) is 4.79 Å². The molecule has 0 radical (unpaired) electrons. The Bertz CT molecular complexity index is 421. The molecule has 0 saturated heterocycles. The van der Waals surface area contributed by atoms with E-state index in [1.807, 2.05) is 19.0 Å². The predicted molar refractivity (Wildman–Crippen MR) is 81.9 cm³/mol. The number of carbonyl (C=O) groups is 1. The Labute approximate surface area is 129 Å². The van der Waals surface area contributed by atoms with E-state index in [0.29, 0.717) is 35.5 Å². The van der Waals surface area contributed by atoms with E-state index in [2.05, 4.69) is 10.6 Å². The van der Waals surface area contributed by atoms with E-state index in [1.54, 1.807) is 18.2 Å². The van der Waals surface area contributed by atoms with Crippen molar-refractivity contribution in [3.8, 4) is 5.75 Å². The summed E-state index contributed by atoms with van der Waals surface area (Å²) in [6, 6.07) is 4.77. The maximum Gasteiger partial charge on any atom is 0.314 e. The van der Waals surface area contributed by atoms with E-state index in [1.165, 1.54) is 0 Å². The molecule has 7 heteroatoms. The third kappa shape index (κ3) is 7.43. The highest BCUT2D eigenvalue weighted by Crippen LogP contribution is 2.23. The molecule has 0 bridgehead atoms. The van der Waals surface area contributed by atoms with Gasteiger partial charge in [0.1, 0.15) is 12.4 Å². The van der Waals surface area contributed by atoms with Gasteiger partial charge in [0.05, 0.1) is 6.54 Å². The molecule has 1 aromatic rings. The SMILES string of the molecule is CN(C)CCNC(=O)NCCOc1cc(Cl)cc(Cl)c1. The van der Waals surface area contributed by atoms with Gasteiger partial charge in [0.25, 0.3) is 0 Å². The molecule has 0 saturated carbocycles. The molecular formula is C13H19Cl2N3O2. The normalized spacial score (nSPS) is 10.4. The standard InChI is InChI=1S/C13H19Cl2N3O2/c1-18(2)5-3-16-13(19)17-4-6-20-12-8-10(14)7-11(15)9-12/h7-9H,3-6H2,1-2H3,(H2,16,17,19). The van der Waals surface area contributed by atoms with Crippen molar-refractivity contribution in [3.63, 3.8) is 0 Å². The Morgan fingerprint density at radius 2 is 1.75 bits per heavy atom. The smallest absolute Gasteiger partial charge is 0.314 e. The number of halogens is 2. The van der Waals surface area contributed by atoms with Crippen LogP contribution in [-0.4, -0.2) is 51.3 Å². The average Bonchev–Trinajstić information content (AvgIpc) is 2.33. The highest BCUT2D eigenvalue weighted by molar-refractivity contribution is 6.34. The quantitative estimate of drug-likeness (QED) is 0.758. The second-order valence-corrected chi connectivity index (χ2v) is 5.31. The fraction of sp³-hybridized carbons (Fsp3) is 0.462. The first-order valence-corrected chi connectivity index (χ1v) is 6.98. The van der Waals surface area contributed by atoms with Crippen LogP contribution in [0.5, 0.6) is 5.75 Å². The molecule has 0 aliphatic carbocycles. The zero-order chi connectivity index (χ0) is 15.0. The number of ether oxygens (including phenoxy) is 1. The number of benzene rings is 1. The number of carbonyl (C=O) groups excluding carboxylic acids is 1. The fourth-order valence-electron chi connectivity index (χ4n) is 1.40. The minimum atomic E-state index is -0.209. The molecule has 0 aliphatic rings. The molecule has 20 heavy (non-hydrogen) atoms. The monoisotopic (exact) mass is 319 g/mol. The number of hydrogen-bond acceptors (Lipinski definition) is 3. The Kier molecular flexibility index (Phi) is 7.51. The molecule has 0 aromatic heterocycles. The molecule has 2 amide bonds. The van der Waals surface area contributed by atoms with E-state index >= 15 is 0 Å². The summed E-state index contributed by atoms with van der Waals surface area (Å²) in [5, 5.41) is 6.47. The summed E-state index contributed by atoms with van der Waals surface area (Å²) in [6.45, 7) is 2.14. The van der Waals surface area contributed by atoms with Crippen molar-refractivity contribution in [1.82, 2.24) is 15.5 Å². The summed E-state index contributed by atoms with van der Waals surface area (Å²) >= 11 is 11.7. The van der Waals surface area contributed by atoms with E-state index in [-0.39, 0.29) is 6.03 Å². The molecular weight excluding hydrogens is 301 g/mol. The summed E-state index contributed by atoms with van der Waals surface area (Å²) < 4.78 is 5.44. The van der Waals surface area contributed by atoms with E-state index in [4.69, 9.17) is 27.9 Å². The third-order valence-electron chi connectivity index (χ3n) is 2.34. The van der Waals surface area contributed by atoms with Gasteiger partial charge in [-0.05, 0) is 32.3 Å². The fourth-order valence-corrected chi connectivity index (χ4v) is 1.91. The predicted octanol–water partition coefficient (Wildman–Crippen LogP) is 2.23. The second kappa shape index (κ2) is 8.89. The van der Waals surface area contributed by atoms with Crippen molar-refractivity contribution < 1.29 is 9.53 Å². The van der Waals surface area contributed by atoms with Crippen LogP contribution >= 0.6 is 23.2 Å². The third-order valence-corrected chi connectivity index (χ3v) is 2.77. The lowest BCUT2D eigenvalue weighted by Crippen LogP contribution is -2.40. The first kappa shape index (κ1) is 16.9. The summed E-state index contributed by atoms with van der Waals surface area (Å²) in [5.41, 5.74) is 0. The average molecular weight is 320 g/mol. The Hall–Kier alpha value is -1.17. The summed E-state index contributed by atoms with van der Waals surface area (Å²) in [4.78, 5) is 13.4. The van der Waals surface area contributed by atoms with Gasteiger partial charge in [-0.3, -0.25) is 0 Å². The highest BCUT2D eigenvalue weighted by atomic mass is 35.5. The minimum Gasteiger partial charge on any atom is -0.492 e. The summed E-state index contributed by atoms with van der Waals surface area (Å²) in [7, 11) is 3.90. The second-order valence-electron chi connectivity index (χ2n) is 4.44. The van der Waals surface area contributed by atoms with Crippen LogP contribution < -0.4 is 15.4 Å². The molecule has 112 valence electrons. The van der Waals surface area contributed by atoms with Gasteiger partial charge < -0.3 is 20.3 Å². The lowest BCUT2D eigenvalue weighted by molar-refractivity contribution is 0.235. The van der Waals surface area contributed by atoms with Gasteiger partial charge in [0.15, 0.2) is 0 Å². The molecule has 0 heterocycles. The number of hydrogen-bond donors (Lipinski definition) is 2. The van der Waals surface area contributed by atoms with E-state index < -0.39 is 0 Å². The maximum atomic E-state index is 11.4. The van der Waals surface area contributed by atoms with Gasteiger partial charge in [-0.2, -0.15) is 0 Å². The lowest BCUT2D eigenvalue weighted by atomic mass is 10.3. The first-order valence-electron chi connectivity index (χ1n) is 6.22. The number of nitrogens with zero attached hydrogens (tertiary/aromatic N) is 1. The molecule has 0 unspecified atom stereocenters. The van der Waals surface area contributed by atoms with Crippen molar-refractivity contribution in [2.75, 3.05) is 40.3 Å². The minimum absolute atomic E-state index is 0.209. The van der Waals surface area contributed by atoms with Crippen molar-refractivity contribution in [2.24, 2.45) is 0 Å². The summed E-state index contributed by atoms with van der Waals surface area (Å²) in [5.74, 6) is 0.581. The van der Waals surface area contributed by atoms with Crippen LogP contribution in [0.15, 0.2) is 18.2 Å². The van der Waals surface area contributed by atoms with Crippen molar-refractivity contribution >= 4 is 29.2 Å². The zero-order valence-electron chi connectivity index (χ0n) is 11.6. The molecule has 1 aromatic carbocycles. The van der Waals surface area contributed by atoms with Crippen LogP contribution in [0, 0.1) is 0 Å². The van der Waals surface area contributed by atoms with Crippen molar-refractivity contribution in [3.05, 3.63) is 28.2 Å². The first-order chi connectivity index (χ1) is 9.47. The van der Waals surface area contributed by atoms with Crippen LogP contribution in [0.25, 0.3) is 0 Å². The number of urea groups is 1. The van der Waals surface area contributed by atoms with E-state index in [0.717, 1.165) is 6.54 Å². The van der Waals surface area contributed by atoms with Crippen LogP contribution in [0.2, 0.25) is 10.0 Å². The van der Waals surface area contributed by atoms with Gasteiger partial charge in [0, 0.05) is 23.1 Å². The largest absolute Gasteiger partial charge is 0.492 e. The number of rotatable bonds is 7. The van der Waals surface area contributed by atoms with Gasteiger partial charge in [-0.25, -0.2) is 4.79 Å². The molecule has 0 atom stereocenters. The summed E-state index contributed by atoms with van der Waals surface area (Å²) in [6.07, 6.45) is 0. The molecule has 0 spiro atoms. The number of amides is 2. The molecule has 0 fully saturated rings. The van der Waals surface area contributed by atoms with Crippen molar-refractivity contribution in [1.29, 1.82) is 0 Å². The van der Waals surface area contributed by atoms with Gasteiger partial charge >= 0.3 is 6.03 Å². The van der Waals surface area contributed by atoms with Crippen molar-refractivity contribution in [2.45, 2.75) is 0 Å². The Morgan fingerprint density at radius 1 is 1.15 bits per heavy atom. The molecule has 5 nitrogen and oxygen atoms in total.